The minimum atomic E-state index is -1.87. The van der Waals surface area contributed by atoms with Gasteiger partial charge in [0.05, 0.1) is 12.7 Å². The zero-order chi connectivity index (χ0) is 16.3. The maximum Gasteiger partial charge on any atom is 0.192 e. The number of aldehydes is 1. The van der Waals surface area contributed by atoms with E-state index in [2.05, 4.69) is 47.7 Å². The highest BCUT2D eigenvalue weighted by atomic mass is 28.4. The Kier molecular flexibility index (Phi) is 6.38. The summed E-state index contributed by atoms with van der Waals surface area (Å²) in [6, 6.07) is 0. The van der Waals surface area contributed by atoms with Crippen molar-refractivity contribution < 1.29 is 14.0 Å². The zero-order valence-corrected chi connectivity index (χ0v) is 15.7. The summed E-state index contributed by atoms with van der Waals surface area (Å²) in [5.41, 5.74) is 0.751. The van der Waals surface area contributed by atoms with Crippen LogP contribution in [0.15, 0.2) is 11.6 Å². The average Bonchev–Trinajstić information content (AvgIpc) is 2.78. The molecule has 1 aliphatic heterocycles. The van der Waals surface area contributed by atoms with E-state index >= 15 is 0 Å². The van der Waals surface area contributed by atoms with Crippen LogP contribution in [0.4, 0.5) is 0 Å². The summed E-state index contributed by atoms with van der Waals surface area (Å²) in [5, 5.41) is 0.180. The van der Waals surface area contributed by atoms with Crippen LogP contribution in [0, 0.1) is 5.92 Å². The lowest BCUT2D eigenvalue weighted by Gasteiger charge is -2.43. The highest BCUT2D eigenvalue weighted by Gasteiger charge is 2.44. The standard InChI is InChI=1S/C17H32O3Si/c1-8-9-15-10-14(11-18)16(20-15)12-19-21(6,7)17(4,5)13(2)3/h10-11,13,15-16H,8-9,12H2,1-7H3/t15-,16-/m1/s1. The molecule has 0 spiro atoms. The molecular weight excluding hydrogens is 280 g/mol. The highest BCUT2D eigenvalue weighted by Crippen LogP contribution is 2.44. The van der Waals surface area contributed by atoms with Crippen molar-refractivity contribution in [2.75, 3.05) is 6.61 Å². The van der Waals surface area contributed by atoms with Gasteiger partial charge in [0.1, 0.15) is 12.4 Å². The van der Waals surface area contributed by atoms with E-state index < -0.39 is 8.32 Å². The van der Waals surface area contributed by atoms with Crippen LogP contribution in [0.1, 0.15) is 47.5 Å². The van der Waals surface area contributed by atoms with Crippen molar-refractivity contribution in [3.8, 4) is 0 Å². The second kappa shape index (κ2) is 7.21. The Morgan fingerprint density at radius 3 is 2.52 bits per heavy atom. The van der Waals surface area contributed by atoms with Gasteiger partial charge in [-0.3, -0.25) is 4.79 Å². The smallest absolute Gasteiger partial charge is 0.192 e. The van der Waals surface area contributed by atoms with E-state index in [0.717, 1.165) is 24.7 Å². The largest absolute Gasteiger partial charge is 0.414 e. The van der Waals surface area contributed by atoms with E-state index in [-0.39, 0.29) is 17.2 Å². The van der Waals surface area contributed by atoms with Gasteiger partial charge >= 0.3 is 0 Å². The second-order valence-corrected chi connectivity index (χ2v) is 12.0. The van der Waals surface area contributed by atoms with Gasteiger partial charge in [0.25, 0.3) is 0 Å². The molecule has 0 aliphatic carbocycles. The molecule has 21 heavy (non-hydrogen) atoms. The van der Waals surface area contributed by atoms with Crippen LogP contribution in [0.25, 0.3) is 0 Å². The van der Waals surface area contributed by atoms with Crippen molar-refractivity contribution in [2.45, 2.75) is 77.8 Å². The van der Waals surface area contributed by atoms with E-state index in [1.54, 1.807) is 0 Å². The molecule has 0 aromatic rings. The third kappa shape index (κ3) is 4.27. The fourth-order valence-corrected chi connectivity index (χ4v) is 4.83. The fourth-order valence-electron chi connectivity index (χ4n) is 2.50. The lowest BCUT2D eigenvalue weighted by Crippen LogP contribution is -2.46. The fraction of sp³-hybridized carbons (Fsp3) is 0.824. The van der Waals surface area contributed by atoms with E-state index in [1.807, 2.05) is 6.08 Å². The topological polar surface area (TPSA) is 35.5 Å². The Morgan fingerprint density at radius 1 is 1.43 bits per heavy atom. The Labute approximate surface area is 131 Å². The molecule has 1 heterocycles. The highest BCUT2D eigenvalue weighted by molar-refractivity contribution is 6.74. The Balaban J connectivity index is 2.67. The van der Waals surface area contributed by atoms with Crippen LogP contribution in [-0.4, -0.2) is 33.4 Å². The van der Waals surface area contributed by atoms with E-state index in [4.69, 9.17) is 9.16 Å². The van der Waals surface area contributed by atoms with Crippen LogP contribution in [0.2, 0.25) is 18.1 Å². The van der Waals surface area contributed by atoms with Crippen LogP contribution in [-0.2, 0) is 14.0 Å². The predicted molar refractivity (Wildman–Crippen MR) is 90.0 cm³/mol. The number of hydrogen-bond acceptors (Lipinski definition) is 3. The molecule has 3 nitrogen and oxygen atoms in total. The van der Waals surface area contributed by atoms with Crippen molar-refractivity contribution in [1.29, 1.82) is 0 Å². The van der Waals surface area contributed by atoms with Crippen molar-refractivity contribution in [2.24, 2.45) is 5.92 Å². The molecule has 0 amide bonds. The maximum absolute atomic E-state index is 11.2. The maximum atomic E-state index is 11.2. The second-order valence-electron chi connectivity index (χ2n) is 7.43. The van der Waals surface area contributed by atoms with Gasteiger partial charge < -0.3 is 9.16 Å². The number of carbonyl (C=O) groups is 1. The van der Waals surface area contributed by atoms with Crippen molar-refractivity contribution in [1.82, 2.24) is 0 Å². The molecule has 0 unspecified atom stereocenters. The molecule has 0 saturated carbocycles. The molecule has 0 N–H and O–H groups in total. The summed E-state index contributed by atoms with van der Waals surface area (Å²) >= 11 is 0. The van der Waals surface area contributed by atoms with E-state index in [1.165, 1.54) is 0 Å². The first-order chi connectivity index (χ1) is 9.65. The van der Waals surface area contributed by atoms with Crippen molar-refractivity contribution in [3.05, 3.63) is 11.6 Å². The molecule has 1 rings (SSSR count). The number of carbonyl (C=O) groups excluding carboxylic acids is 1. The average molecular weight is 313 g/mol. The van der Waals surface area contributed by atoms with Crippen LogP contribution >= 0.6 is 0 Å². The van der Waals surface area contributed by atoms with Crippen LogP contribution in [0.5, 0.6) is 0 Å². The SMILES string of the molecule is CCC[C@@H]1C=C(C=O)[C@@H](CO[Si](C)(C)C(C)(C)C(C)C)O1. The molecule has 122 valence electrons. The summed E-state index contributed by atoms with van der Waals surface area (Å²) in [5.74, 6) is 0.567. The van der Waals surface area contributed by atoms with Crippen LogP contribution in [0.3, 0.4) is 0 Å². The molecule has 2 atom stereocenters. The normalized spacial score (nSPS) is 23.5. The monoisotopic (exact) mass is 312 g/mol. The quantitative estimate of drug-likeness (QED) is 0.494. The first kappa shape index (κ1) is 18.6. The number of hydrogen-bond donors (Lipinski definition) is 0. The van der Waals surface area contributed by atoms with E-state index in [0.29, 0.717) is 12.5 Å². The summed E-state index contributed by atoms with van der Waals surface area (Å²) in [6.45, 7) is 16.2. The Hall–Kier alpha value is -0.453. The third-order valence-electron chi connectivity index (χ3n) is 5.39. The minimum Gasteiger partial charge on any atom is -0.414 e. The van der Waals surface area contributed by atoms with E-state index in [9.17, 15) is 4.79 Å². The first-order valence-electron chi connectivity index (χ1n) is 8.12. The third-order valence-corrected chi connectivity index (χ3v) is 9.96. The predicted octanol–water partition coefficient (Wildman–Crippen LogP) is 4.34. The molecule has 0 saturated heterocycles. The molecule has 0 aromatic heterocycles. The van der Waals surface area contributed by atoms with Gasteiger partial charge in [0.15, 0.2) is 8.32 Å². The van der Waals surface area contributed by atoms with Gasteiger partial charge in [0, 0.05) is 5.57 Å². The van der Waals surface area contributed by atoms with Gasteiger partial charge in [-0.25, -0.2) is 0 Å². The summed E-state index contributed by atoms with van der Waals surface area (Å²) in [4.78, 5) is 11.2. The minimum absolute atomic E-state index is 0.0756. The first-order valence-corrected chi connectivity index (χ1v) is 11.0. The lowest BCUT2D eigenvalue weighted by atomic mass is 9.99. The molecule has 4 heteroatoms. The van der Waals surface area contributed by atoms with Gasteiger partial charge in [-0.2, -0.15) is 0 Å². The van der Waals surface area contributed by atoms with Gasteiger partial charge in [-0.1, -0.05) is 41.0 Å². The van der Waals surface area contributed by atoms with Gasteiger partial charge in [0.2, 0.25) is 0 Å². The molecular formula is C17H32O3Si. The number of ether oxygens (including phenoxy) is 1. The van der Waals surface area contributed by atoms with Crippen molar-refractivity contribution in [3.63, 3.8) is 0 Å². The molecule has 1 aliphatic rings. The Morgan fingerprint density at radius 2 is 2.05 bits per heavy atom. The molecule has 0 bridgehead atoms. The van der Waals surface area contributed by atoms with Gasteiger partial charge in [-0.15, -0.1) is 0 Å². The number of rotatable bonds is 8. The molecule has 0 radical (unpaired) electrons. The van der Waals surface area contributed by atoms with Crippen molar-refractivity contribution >= 4 is 14.6 Å². The molecule has 0 aromatic carbocycles. The molecule has 0 fully saturated rings. The lowest BCUT2D eigenvalue weighted by molar-refractivity contribution is -0.106. The Bertz CT molecular complexity index is 385. The summed E-state index contributed by atoms with van der Waals surface area (Å²) < 4.78 is 12.3. The summed E-state index contributed by atoms with van der Waals surface area (Å²) in [7, 11) is -1.87. The summed E-state index contributed by atoms with van der Waals surface area (Å²) in [6.07, 6.45) is 4.80. The van der Waals surface area contributed by atoms with Crippen LogP contribution < -0.4 is 0 Å². The zero-order valence-electron chi connectivity index (χ0n) is 14.7. The van der Waals surface area contributed by atoms with Gasteiger partial charge in [-0.05, 0) is 36.5 Å².